The van der Waals surface area contributed by atoms with E-state index in [1.54, 1.807) is 22.9 Å². The van der Waals surface area contributed by atoms with Crippen LogP contribution in [-0.2, 0) is 29.2 Å². The minimum atomic E-state index is -1.35. The van der Waals surface area contributed by atoms with Gasteiger partial charge in [0.1, 0.15) is 17.3 Å². The summed E-state index contributed by atoms with van der Waals surface area (Å²) >= 11 is 0. The van der Waals surface area contributed by atoms with Crippen molar-refractivity contribution < 1.29 is 28.6 Å². The Morgan fingerprint density at radius 2 is 1.98 bits per heavy atom. The van der Waals surface area contributed by atoms with Crippen molar-refractivity contribution in [2.24, 2.45) is 0 Å². The largest absolute Gasteiger partial charge is 0.465 e. The Bertz CT molecular complexity index is 2020. The summed E-state index contributed by atoms with van der Waals surface area (Å²) in [6, 6.07) is 20.1. The molecule has 2 aromatic carbocycles. The number of aromatic nitrogens is 3. The van der Waals surface area contributed by atoms with Crippen molar-refractivity contribution in [3.8, 4) is 11.3 Å². The molecule has 0 radical (unpaired) electrons. The van der Waals surface area contributed by atoms with Crippen LogP contribution in [0.3, 0.4) is 0 Å². The number of fused-ring (bicyclic) bond motifs is 2. The molecule has 1 atom stereocenters. The highest BCUT2D eigenvalue weighted by Gasteiger charge is 2.37. The van der Waals surface area contributed by atoms with Crippen molar-refractivity contribution in [1.29, 1.82) is 0 Å². The average molecular weight is 666 g/mol. The molecule has 5 aromatic rings. The minimum Gasteiger partial charge on any atom is -0.465 e. The monoisotopic (exact) mass is 665 g/mol. The van der Waals surface area contributed by atoms with Gasteiger partial charge in [-0.25, -0.2) is 24.1 Å². The number of nitrogens with zero attached hydrogens (tertiary/aromatic N) is 6. The van der Waals surface area contributed by atoms with Crippen LogP contribution in [0.5, 0.6) is 0 Å². The van der Waals surface area contributed by atoms with E-state index < -0.39 is 17.8 Å². The highest BCUT2D eigenvalue weighted by molar-refractivity contribution is 6.11. The van der Waals surface area contributed by atoms with Gasteiger partial charge in [-0.3, -0.25) is 9.20 Å². The lowest BCUT2D eigenvalue weighted by atomic mass is 9.99. The summed E-state index contributed by atoms with van der Waals surface area (Å²) in [5.74, 6) is -0.553. The highest BCUT2D eigenvalue weighted by Crippen LogP contribution is 2.39. The quantitative estimate of drug-likeness (QED) is 0.212. The third-order valence-electron chi connectivity index (χ3n) is 8.65. The number of halogens is 1. The fraction of sp³-hybridized carbons (Fsp3) is 0.278. The highest BCUT2D eigenvalue weighted by atomic mass is 19.1. The van der Waals surface area contributed by atoms with Gasteiger partial charge in [-0.05, 0) is 49.5 Å². The molecule has 0 bridgehead atoms. The van der Waals surface area contributed by atoms with Gasteiger partial charge in [-0.15, -0.1) is 0 Å². The average Bonchev–Trinajstić information content (AvgIpc) is 3.57. The maximum Gasteiger partial charge on any atom is 0.414 e. The number of pyridine rings is 2. The number of imide groups is 1. The number of hydrogen-bond acceptors (Lipinski definition) is 9. The zero-order valence-corrected chi connectivity index (χ0v) is 27.2. The van der Waals surface area contributed by atoms with Gasteiger partial charge in [0.25, 0.3) is 5.91 Å². The van der Waals surface area contributed by atoms with E-state index in [0.29, 0.717) is 73.4 Å². The van der Waals surface area contributed by atoms with Gasteiger partial charge >= 0.3 is 6.09 Å². The summed E-state index contributed by atoms with van der Waals surface area (Å²) in [6.45, 7) is 3.26. The van der Waals surface area contributed by atoms with Crippen molar-refractivity contribution in [3.63, 3.8) is 0 Å². The number of rotatable bonds is 9. The number of carbonyl (C=O) groups is 2. The standard InChI is InChI=1S/C36H36FN7O5/c1-41(2)20-29-30(42-14-15-48-22-25(18-42)49-21-23-6-4-3-5-7-23)10-11-32(40-29)39-28-9-8-26(27-19-44(36(46)47)35(45)34(27)28)31-17-38-33-16-24(37)12-13-43(31)33/h3-13,16-17,25H,14-15,18-22H2,1-2H3,(H,39,40)(H,46,47). The molecule has 13 heteroatoms. The molecule has 252 valence electrons. The van der Waals surface area contributed by atoms with Gasteiger partial charge in [0.2, 0.25) is 0 Å². The molecule has 1 unspecified atom stereocenters. The Balaban J connectivity index is 1.19. The normalized spacial score (nSPS) is 16.3. The lowest BCUT2D eigenvalue weighted by molar-refractivity contribution is -0.00796. The van der Waals surface area contributed by atoms with Gasteiger partial charge < -0.3 is 29.7 Å². The number of benzene rings is 2. The fourth-order valence-electron chi connectivity index (χ4n) is 6.37. The maximum absolute atomic E-state index is 13.9. The second-order valence-electron chi connectivity index (χ2n) is 12.4. The predicted octanol–water partition coefficient (Wildman–Crippen LogP) is 5.40. The first-order chi connectivity index (χ1) is 23.7. The Morgan fingerprint density at radius 3 is 2.78 bits per heavy atom. The molecule has 1 saturated heterocycles. The van der Waals surface area contributed by atoms with Crippen LogP contribution in [-0.4, -0.2) is 87.8 Å². The van der Waals surface area contributed by atoms with Crippen LogP contribution in [0, 0.1) is 5.82 Å². The van der Waals surface area contributed by atoms with Crippen molar-refractivity contribution in [2.75, 3.05) is 50.6 Å². The molecule has 2 aliphatic rings. The summed E-state index contributed by atoms with van der Waals surface area (Å²) in [5.41, 5.74) is 5.71. The molecule has 0 aliphatic carbocycles. The molecule has 5 heterocycles. The zero-order chi connectivity index (χ0) is 34.1. The molecule has 2 N–H and O–H groups in total. The smallest absolute Gasteiger partial charge is 0.414 e. The third kappa shape index (κ3) is 6.68. The molecular weight excluding hydrogens is 629 g/mol. The molecule has 0 spiro atoms. The summed E-state index contributed by atoms with van der Waals surface area (Å²) in [7, 11) is 3.95. The number of amides is 2. The predicted molar refractivity (Wildman–Crippen MR) is 181 cm³/mol. The summed E-state index contributed by atoms with van der Waals surface area (Å²) in [5, 5.41) is 13.2. The van der Waals surface area contributed by atoms with E-state index in [1.165, 1.54) is 12.1 Å². The molecule has 49 heavy (non-hydrogen) atoms. The first-order valence-corrected chi connectivity index (χ1v) is 16.0. The van der Waals surface area contributed by atoms with Gasteiger partial charge in [-0.2, -0.15) is 0 Å². The molecule has 12 nitrogen and oxygen atoms in total. The van der Waals surface area contributed by atoms with E-state index in [-0.39, 0.29) is 18.2 Å². The number of ether oxygens (including phenoxy) is 2. The molecule has 3 aromatic heterocycles. The van der Waals surface area contributed by atoms with Crippen molar-refractivity contribution >= 4 is 34.8 Å². The van der Waals surface area contributed by atoms with Crippen LogP contribution >= 0.6 is 0 Å². The number of anilines is 3. The third-order valence-corrected chi connectivity index (χ3v) is 8.65. The second kappa shape index (κ2) is 13.6. The molecule has 7 rings (SSSR count). The lowest BCUT2D eigenvalue weighted by Gasteiger charge is -2.28. The van der Waals surface area contributed by atoms with Crippen LogP contribution in [0.2, 0.25) is 0 Å². The maximum atomic E-state index is 13.9. The topological polar surface area (TPSA) is 125 Å². The number of imidazole rings is 1. The van der Waals surface area contributed by atoms with E-state index in [9.17, 15) is 19.1 Å². The van der Waals surface area contributed by atoms with Gasteiger partial charge in [0, 0.05) is 37.5 Å². The molecular formula is C36H36FN7O5. The minimum absolute atomic E-state index is 0.133. The summed E-state index contributed by atoms with van der Waals surface area (Å²) in [6.07, 6.45) is 1.67. The molecule has 2 aliphatic heterocycles. The van der Waals surface area contributed by atoms with Crippen LogP contribution in [0.25, 0.3) is 16.9 Å². The lowest BCUT2D eigenvalue weighted by Crippen LogP contribution is -2.35. The first kappa shape index (κ1) is 32.2. The summed E-state index contributed by atoms with van der Waals surface area (Å²) < 4.78 is 27.7. The van der Waals surface area contributed by atoms with Crippen LogP contribution in [0.4, 0.5) is 26.4 Å². The van der Waals surface area contributed by atoms with E-state index in [2.05, 4.69) is 15.2 Å². The van der Waals surface area contributed by atoms with Gasteiger partial charge in [0.15, 0.2) is 0 Å². The van der Waals surface area contributed by atoms with E-state index in [1.807, 2.05) is 67.5 Å². The van der Waals surface area contributed by atoms with E-state index in [0.717, 1.165) is 21.8 Å². The summed E-state index contributed by atoms with van der Waals surface area (Å²) in [4.78, 5) is 40.0. The Hall–Kier alpha value is -5.37. The Morgan fingerprint density at radius 1 is 1.14 bits per heavy atom. The van der Waals surface area contributed by atoms with Crippen LogP contribution in [0.15, 0.2) is 79.1 Å². The van der Waals surface area contributed by atoms with E-state index >= 15 is 0 Å². The zero-order valence-electron chi connectivity index (χ0n) is 27.2. The van der Waals surface area contributed by atoms with Crippen LogP contribution in [0.1, 0.15) is 27.2 Å². The second-order valence-corrected chi connectivity index (χ2v) is 12.4. The fourth-order valence-corrected chi connectivity index (χ4v) is 6.37. The van der Waals surface area contributed by atoms with Crippen molar-refractivity contribution in [2.45, 2.75) is 25.8 Å². The number of carbonyl (C=O) groups excluding carboxylic acids is 1. The van der Waals surface area contributed by atoms with E-state index in [4.69, 9.17) is 14.5 Å². The Kier molecular flexibility index (Phi) is 8.95. The van der Waals surface area contributed by atoms with Crippen LogP contribution < -0.4 is 10.2 Å². The number of hydrogen-bond donors (Lipinski definition) is 2. The SMILES string of the molecule is CN(C)Cc1nc(Nc2ccc(-c3cnc4cc(F)ccn34)c3c2C(=O)N(C(=O)O)C3)ccc1N1CCOCC(OCc2ccccc2)C1. The number of carboxylic acid groups (broad SMARTS) is 1. The first-order valence-electron chi connectivity index (χ1n) is 16.0. The molecule has 1 fully saturated rings. The van der Waals surface area contributed by atoms with Gasteiger partial charge in [-0.1, -0.05) is 36.4 Å². The Labute approximate surface area is 282 Å². The molecule has 2 amide bonds. The van der Waals surface area contributed by atoms with Crippen molar-refractivity contribution in [1.82, 2.24) is 24.2 Å². The van der Waals surface area contributed by atoms with Crippen molar-refractivity contribution in [3.05, 3.63) is 107 Å². The molecule has 0 saturated carbocycles. The number of nitrogens with one attached hydrogen (secondary N) is 1. The van der Waals surface area contributed by atoms with Gasteiger partial charge in [0.05, 0.1) is 67.0 Å².